The van der Waals surface area contributed by atoms with E-state index in [1.54, 1.807) is 18.5 Å². The topological polar surface area (TPSA) is 122 Å². The van der Waals surface area contributed by atoms with Crippen LogP contribution in [0.25, 0.3) is 11.0 Å². The fraction of sp³-hybridized carbons (Fsp3) is 0.333. The number of carbonyl (C=O) groups is 1. The fourth-order valence-electron chi connectivity index (χ4n) is 3.13. The normalized spacial score (nSPS) is 18.4. The molecule has 8 heteroatoms. The maximum atomic E-state index is 11.9. The van der Waals surface area contributed by atoms with Crippen molar-refractivity contribution in [2.75, 3.05) is 24.6 Å². The summed E-state index contributed by atoms with van der Waals surface area (Å²) < 4.78 is 0. The van der Waals surface area contributed by atoms with E-state index in [2.05, 4.69) is 27.9 Å². The summed E-state index contributed by atoms with van der Waals surface area (Å²) in [6.45, 7) is 4.48. The number of aromatic nitrogens is 2. The van der Waals surface area contributed by atoms with Gasteiger partial charge < -0.3 is 20.4 Å². The first-order valence-corrected chi connectivity index (χ1v) is 8.18. The van der Waals surface area contributed by atoms with E-state index in [-0.39, 0.29) is 6.04 Å². The van der Waals surface area contributed by atoms with Gasteiger partial charge in [0, 0.05) is 25.5 Å². The lowest BCUT2D eigenvalue weighted by Crippen LogP contribution is -2.51. The minimum atomic E-state index is -1.44. The molecule has 1 amide bonds. The summed E-state index contributed by atoms with van der Waals surface area (Å²) in [5, 5.41) is 30.4. The average Bonchev–Trinajstić information content (AvgIpc) is 2.65. The van der Waals surface area contributed by atoms with Crippen LogP contribution in [0, 0.1) is 11.3 Å². The highest BCUT2D eigenvalue weighted by atomic mass is 16.3. The summed E-state index contributed by atoms with van der Waals surface area (Å²) >= 11 is 0. The van der Waals surface area contributed by atoms with Gasteiger partial charge in [-0.05, 0) is 18.6 Å². The van der Waals surface area contributed by atoms with E-state index in [0.29, 0.717) is 36.1 Å². The van der Waals surface area contributed by atoms with Crippen molar-refractivity contribution in [3.8, 4) is 6.07 Å². The van der Waals surface area contributed by atoms with Gasteiger partial charge in [-0.15, -0.1) is 0 Å². The summed E-state index contributed by atoms with van der Waals surface area (Å²) in [4.78, 5) is 22.5. The zero-order chi connectivity index (χ0) is 18.7. The number of nitrogens with zero attached hydrogens (tertiary/aromatic N) is 4. The van der Waals surface area contributed by atoms with Gasteiger partial charge in [0.2, 0.25) is 0 Å². The third-order valence-corrected chi connectivity index (χ3v) is 4.28. The van der Waals surface area contributed by atoms with Crippen molar-refractivity contribution in [2.45, 2.75) is 18.6 Å². The third-order valence-electron chi connectivity index (χ3n) is 4.28. The lowest BCUT2D eigenvalue weighted by Gasteiger charge is -2.36. The zero-order valence-corrected chi connectivity index (χ0v) is 14.1. The van der Waals surface area contributed by atoms with E-state index in [9.17, 15) is 15.2 Å². The molecule has 134 valence electrons. The molecule has 2 heterocycles. The predicted octanol–water partition coefficient (Wildman–Crippen LogP) is 0.106. The van der Waals surface area contributed by atoms with Gasteiger partial charge in [-0.25, -0.2) is 0 Å². The Morgan fingerprint density at radius 1 is 1.42 bits per heavy atom. The van der Waals surface area contributed by atoms with E-state index >= 15 is 0 Å². The quantitative estimate of drug-likeness (QED) is 0.667. The Bertz CT molecular complexity index is 892. The van der Waals surface area contributed by atoms with Crippen molar-refractivity contribution in [1.29, 1.82) is 5.26 Å². The number of benzene rings is 1. The second-order valence-electron chi connectivity index (χ2n) is 6.24. The van der Waals surface area contributed by atoms with Gasteiger partial charge in [-0.2, -0.15) is 5.26 Å². The van der Waals surface area contributed by atoms with E-state index in [4.69, 9.17) is 5.11 Å². The molecule has 0 radical (unpaired) electrons. The molecule has 1 aromatic heterocycles. The lowest BCUT2D eigenvalue weighted by atomic mass is 9.99. The number of carbonyl (C=O) groups excluding carboxylic acids is 1. The number of anilines is 1. The van der Waals surface area contributed by atoms with Crippen molar-refractivity contribution in [3.63, 3.8) is 0 Å². The summed E-state index contributed by atoms with van der Waals surface area (Å²) in [5.41, 5.74) is 3.31. The third kappa shape index (κ3) is 3.49. The standard InChI is InChI=1S/C18H19N5O3/c1-11-6-13(22-18(26)15(25)10-24)9-23(8-11)14-3-2-12(7-19)16-17(14)21-5-4-20-16/h2-5,13,15,24-25H,1,6,8-10H2,(H,22,26)/t13-,15-/m1/s1. The van der Waals surface area contributed by atoms with Crippen LogP contribution in [0.15, 0.2) is 36.7 Å². The largest absolute Gasteiger partial charge is 0.393 e. The zero-order valence-electron chi connectivity index (χ0n) is 14.1. The summed E-state index contributed by atoms with van der Waals surface area (Å²) in [6, 6.07) is 5.37. The Morgan fingerprint density at radius 2 is 2.15 bits per heavy atom. The number of fused-ring (bicyclic) bond motifs is 1. The van der Waals surface area contributed by atoms with Crippen LogP contribution in [0.3, 0.4) is 0 Å². The van der Waals surface area contributed by atoms with Crippen molar-refractivity contribution < 1.29 is 15.0 Å². The van der Waals surface area contributed by atoms with Crippen LogP contribution < -0.4 is 10.2 Å². The molecule has 3 rings (SSSR count). The van der Waals surface area contributed by atoms with Gasteiger partial charge in [0.05, 0.1) is 23.9 Å². The van der Waals surface area contributed by atoms with Crippen LogP contribution in [0.1, 0.15) is 12.0 Å². The number of hydrogen-bond donors (Lipinski definition) is 3. The van der Waals surface area contributed by atoms with Crippen LogP contribution in [-0.2, 0) is 4.79 Å². The Morgan fingerprint density at radius 3 is 2.85 bits per heavy atom. The number of rotatable bonds is 4. The van der Waals surface area contributed by atoms with Gasteiger partial charge in [-0.1, -0.05) is 12.2 Å². The van der Waals surface area contributed by atoms with Crippen LogP contribution in [0.4, 0.5) is 5.69 Å². The first-order valence-electron chi connectivity index (χ1n) is 8.18. The number of aliphatic hydroxyl groups excluding tert-OH is 2. The maximum Gasteiger partial charge on any atom is 0.251 e. The Balaban J connectivity index is 1.90. The minimum Gasteiger partial charge on any atom is -0.393 e. The van der Waals surface area contributed by atoms with Crippen LogP contribution in [0.5, 0.6) is 0 Å². The molecule has 1 aliphatic rings. The predicted molar refractivity (Wildman–Crippen MR) is 95.2 cm³/mol. The number of aliphatic hydroxyl groups is 2. The van der Waals surface area contributed by atoms with E-state index in [1.807, 2.05) is 11.0 Å². The van der Waals surface area contributed by atoms with Crippen LogP contribution >= 0.6 is 0 Å². The van der Waals surface area contributed by atoms with Gasteiger partial charge in [0.25, 0.3) is 5.91 Å². The number of amides is 1. The molecular formula is C18H19N5O3. The van der Waals surface area contributed by atoms with Crippen LogP contribution in [-0.4, -0.2) is 57.9 Å². The van der Waals surface area contributed by atoms with Crippen molar-refractivity contribution >= 4 is 22.6 Å². The number of piperidine rings is 1. The Kier molecular flexibility index (Phi) is 5.11. The first kappa shape index (κ1) is 17.8. The molecular weight excluding hydrogens is 334 g/mol. The maximum absolute atomic E-state index is 11.9. The summed E-state index contributed by atoms with van der Waals surface area (Å²) in [5.74, 6) is -0.614. The molecule has 1 fully saturated rings. The highest BCUT2D eigenvalue weighted by Crippen LogP contribution is 2.29. The first-order chi connectivity index (χ1) is 12.5. The second kappa shape index (κ2) is 7.47. The highest BCUT2D eigenvalue weighted by Gasteiger charge is 2.27. The van der Waals surface area contributed by atoms with E-state index in [0.717, 1.165) is 11.3 Å². The molecule has 1 aromatic carbocycles. The Labute approximate surface area is 150 Å². The van der Waals surface area contributed by atoms with E-state index in [1.165, 1.54) is 0 Å². The summed E-state index contributed by atoms with van der Waals surface area (Å²) in [7, 11) is 0. The SMILES string of the molecule is C=C1C[C@@H](NC(=O)[C@H](O)CO)CN(c2ccc(C#N)c3nccnc23)C1. The molecule has 0 saturated carbocycles. The van der Waals surface area contributed by atoms with Crippen molar-refractivity contribution in [3.05, 3.63) is 42.2 Å². The second-order valence-corrected chi connectivity index (χ2v) is 6.24. The monoisotopic (exact) mass is 353 g/mol. The molecule has 2 atom stereocenters. The summed E-state index contributed by atoms with van der Waals surface area (Å²) in [6.07, 6.45) is 2.25. The van der Waals surface area contributed by atoms with Crippen molar-refractivity contribution in [2.24, 2.45) is 0 Å². The fourth-order valence-corrected chi connectivity index (χ4v) is 3.13. The molecule has 0 aliphatic carbocycles. The lowest BCUT2D eigenvalue weighted by molar-refractivity contribution is -0.131. The van der Waals surface area contributed by atoms with Crippen molar-refractivity contribution in [1.82, 2.24) is 15.3 Å². The number of hydrogen-bond acceptors (Lipinski definition) is 7. The molecule has 1 aliphatic heterocycles. The van der Waals surface area contributed by atoms with Gasteiger partial charge in [-0.3, -0.25) is 14.8 Å². The molecule has 1 saturated heterocycles. The molecule has 8 nitrogen and oxygen atoms in total. The Hall–Kier alpha value is -3.02. The minimum absolute atomic E-state index is 0.257. The molecule has 26 heavy (non-hydrogen) atoms. The average molecular weight is 353 g/mol. The van der Waals surface area contributed by atoms with Gasteiger partial charge >= 0.3 is 0 Å². The molecule has 0 bridgehead atoms. The number of nitrogens with one attached hydrogen (secondary N) is 1. The molecule has 0 spiro atoms. The van der Waals surface area contributed by atoms with Gasteiger partial charge in [0.1, 0.15) is 17.1 Å². The molecule has 2 aromatic rings. The molecule has 0 unspecified atom stereocenters. The van der Waals surface area contributed by atoms with Gasteiger partial charge in [0.15, 0.2) is 6.10 Å². The van der Waals surface area contributed by atoms with E-state index < -0.39 is 18.6 Å². The molecule has 3 N–H and O–H groups in total. The van der Waals surface area contributed by atoms with Crippen LogP contribution in [0.2, 0.25) is 0 Å². The number of nitriles is 1. The smallest absolute Gasteiger partial charge is 0.251 e. The highest BCUT2D eigenvalue weighted by molar-refractivity contribution is 5.92.